The first-order valence-electron chi connectivity index (χ1n) is 7.60. The monoisotopic (exact) mass is 400 g/mol. The molecule has 0 amide bonds. The molecule has 0 fully saturated rings. The minimum atomic E-state index is -0.124. The Labute approximate surface area is 150 Å². The Balaban J connectivity index is 1.87. The van der Waals surface area contributed by atoms with Gasteiger partial charge >= 0.3 is 0 Å². The number of fused-ring (bicyclic) bond motifs is 2. The van der Waals surface area contributed by atoms with Gasteiger partial charge in [-0.05, 0) is 31.0 Å². The molecule has 0 unspecified atom stereocenters. The summed E-state index contributed by atoms with van der Waals surface area (Å²) in [5.74, 6) is -0.0165. The van der Waals surface area contributed by atoms with Crippen molar-refractivity contribution in [3.8, 4) is 0 Å². The number of aryl methyl sites for hydroxylation is 1. The van der Waals surface area contributed by atoms with Gasteiger partial charge in [0.15, 0.2) is 5.78 Å². The molecular formula is C18H13BrN2O2S. The third kappa shape index (κ3) is 2.46. The quantitative estimate of drug-likeness (QED) is 0.647. The minimum Gasteiger partial charge on any atom is -0.397 e. The van der Waals surface area contributed by atoms with E-state index in [1.54, 1.807) is 12.1 Å². The number of thiophene rings is 1. The molecule has 0 spiro atoms. The maximum absolute atomic E-state index is 12.8. The summed E-state index contributed by atoms with van der Waals surface area (Å²) in [6.45, 7) is 0. The minimum absolute atomic E-state index is 0.108. The van der Waals surface area contributed by atoms with E-state index in [0.29, 0.717) is 33.5 Å². The summed E-state index contributed by atoms with van der Waals surface area (Å²) in [5, 5.41) is 0.701. The fourth-order valence-corrected chi connectivity index (χ4v) is 4.45. The van der Waals surface area contributed by atoms with Crippen molar-refractivity contribution in [3.63, 3.8) is 0 Å². The number of benzene rings is 1. The third-order valence-corrected chi connectivity index (χ3v) is 5.82. The third-order valence-electron chi connectivity index (χ3n) is 4.21. The van der Waals surface area contributed by atoms with Crippen LogP contribution in [-0.2, 0) is 6.42 Å². The SMILES string of the molecule is Nc1c(C(=O)c2cccc(Br)c2)sc2nc3c(cc12)C(=O)CCC3. The Bertz CT molecular complexity index is 1010. The summed E-state index contributed by atoms with van der Waals surface area (Å²) in [7, 11) is 0. The van der Waals surface area contributed by atoms with Crippen LogP contribution in [0.2, 0.25) is 0 Å². The predicted octanol–water partition coefficient (Wildman–Crippen LogP) is 4.39. The number of carbonyl (C=O) groups excluding carboxylic acids is 2. The Hall–Kier alpha value is -2.05. The summed E-state index contributed by atoms with van der Waals surface area (Å²) in [6, 6.07) is 9.03. The van der Waals surface area contributed by atoms with E-state index in [1.807, 2.05) is 18.2 Å². The average Bonchev–Trinajstić information content (AvgIpc) is 2.89. The zero-order chi connectivity index (χ0) is 16.8. The van der Waals surface area contributed by atoms with Crippen LogP contribution in [0.3, 0.4) is 0 Å². The van der Waals surface area contributed by atoms with Crippen molar-refractivity contribution in [1.29, 1.82) is 0 Å². The zero-order valence-electron chi connectivity index (χ0n) is 12.6. The van der Waals surface area contributed by atoms with Gasteiger partial charge < -0.3 is 5.73 Å². The van der Waals surface area contributed by atoms with E-state index in [1.165, 1.54) is 11.3 Å². The molecule has 0 atom stereocenters. The van der Waals surface area contributed by atoms with Crippen molar-refractivity contribution in [3.05, 3.63) is 56.5 Å². The van der Waals surface area contributed by atoms with Crippen molar-refractivity contribution in [2.75, 3.05) is 5.73 Å². The van der Waals surface area contributed by atoms with Crippen LogP contribution in [0, 0.1) is 0 Å². The molecule has 2 heterocycles. The van der Waals surface area contributed by atoms with E-state index in [-0.39, 0.29) is 11.6 Å². The zero-order valence-corrected chi connectivity index (χ0v) is 15.0. The van der Waals surface area contributed by atoms with Gasteiger partial charge in [-0.25, -0.2) is 4.98 Å². The molecular weight excluding hydrogens is 388 g/mol. The first-order valence-corrected chi connectivity index (χ1v) is 9.21. The van der Waals surface area contributed by atoms with Crippen LogP contribution in [0.15, 0.2) is 34.8 Å². The average molecular weight is 401 g/mol. The van der Waals surface area contributed by atoms with E-state index < -0.39 is 0 Å². The largest absolute Gasteiger partial charge is 0.397 e. The van der Waals surface area contributed by atoms with Crippen molar-refractivity contribution in [2.24, 2.45) is 0 Å². The lowest BCUT2D eigenvalue weighted by Crippen LogP contribution is -2.12. The number of carbonyl (C=O) groups is 2. The van der Waals surface area contributed by atoms with Crippen molar-refractivity contribution in [1.82, 2.24) is 4.98 Å². The normalized spacial score (nSPS) is 14.0. The number of rotatable bonds is 2. The van der Waals surface area contributed by atoms with Crippen LogP contribution >= 0.6 is 27.3 Å². The second kappa shape index (κ2) is 5.79. The number of nitrogens with two attached hydrogens (primary N) is 1. The molecule has 0 saturated carbocycles. The number of hydrogen-bond donors (Lipinski definition) is 1. The van der Waals surface area contributed by atoms with Gasteiger partial charge in [0.1, 0.15) is 9.71 Å². The van der Waals surface area contributed by atoms with Gasteiger partial charge in [0.05, 0.1) is 11.4 Å². The molecule has 4 rings (SSSR count). The summed E-state index contributed by atoms with van der Waals surface area (Å²) < 4.78 is 0.840. The van der Waals surface area contributed by atoms with Crippen LogP contribution in [0.1, 0.15) is 44.1 Å². The molecule has 1 aromatic carbocycles. The molecule has 0 bridgehead atoms. The van der Waals surface area contributed by atoms with Crippen molar-refractivity contribution < 1.29 is 9.59 Å². The molecule has 1 aliphatic rings. The number of hydrogen-bond acceptors (Lipinski definition) is 5. The molecule has 4 nitrogen and oxygen atoms in total. The number of aromatic nitrogens is 1. The molecule has 2 N–H and O–H groups in total. The Morgan fingerprint density at radius 3 is 2.88 bits per heavy atom. The molecule has 0 saturated heterocycles. The lowest BCUT2D eigenvalue weighted by Gasteiger charge is -2.13. The van der Waals surface area contributed by atoms with Gasteiger partial charge in [-0.3, -0.25) is 9.59 Å². The molecule has 2 aromatic heterocycles. The summed E-state index contributed by atoms with van der Waals surface area (Å²) in [4.78, 5) is 30.7. The van der Waals surface area contributed by atoms with E-state index >= 15 is 0 Å². The highest BCUT2D eigenvalue weighted by molar-refractivity contribution is 9.10. The Kier molecular flexibility index (Phi) is 3.73. The topological polar surface area (TPSA) is 73.1 Å². The number of halogens is 1. The smallest absolute Gasteiger partial charge is 0.205 e. The van der Waals surface area contributed by atoms with E-state index in [0.717, 1.165) is 27.8 Å². The first kappa shape index (κ1) is 15.5. The van der Waals surface area contributed by atoms with Gasteiger partial charge in [-0.1, -0.05) is 28.1 Å². The standard InChI is InChI=1S/C18H13BrN2O2S/c19-10-4-1-3-9(7-10)16(23)17-15(20)12-8-11-13(21-18(12)24-17)5-2-6-14(11)22/h1,3-4,7-8H,2,5-6,20H2. The number of anilines is 1. The van der Waals surface area contributed by atoms with Gasteiger partial charge in [0.25, 0.3) is 0 Å². The van der Waals surface area contributed by atoms with Crippen molar-refractivity contribution >= 4 is 54.7 Å². The van der Waals surface area contributed by atoms with Crippen LogP contribution in [0.4, 0.5) is 5.69 Å². The highest BCUT2D eigenvalue weighted by Gasteiger charge is 2.24. The predicted molar refractivity (Wildman–Crippen MR) is 98.9 cm³/mol. The van der Waals surface area contributed by atoms with Gasteiger partial charge in [-0.2, -0.15) is 0 Å². The Morgan fingerprint density at radius 2 is 2.08 bits per heavy atom. The van der Waals surface area contributed by atoms with Gasteiger partial charge in [0, 0.05) is 27.4 Å². The maximum Gasteiger partial charge on any atom is 0.205 e. The lowest BCUT2D eigenvalue weighted by molar-refractivity contribution is 0.0971. The molecule has 120 valence electrons. The molecule has 0 radical (unpaired) electrons. The summed E-state index contributed by atoms with van der Waals surface area (Å²) >= 11 is 4.67. The molecule has 24 heavy (non-hydrogen) atoms. The maximum atomic E-state index is 12.8. The molecule has 1 aliphatic carbocycles. The molecule has 6 heteroatoms. The van der Waals surface area contributed by atoms with Crippen LogP contribution in [0.25, 0.3) is 10.2 Å². The van der Waals surface area contributed by atoms with Crippen LogP contribution in [-0.4, -0.2) is 16.6 Å². The highest BCUT2D eigenvalue weighted by Crippen LogP contribution is 2.36. The number of ketones is 2. The fraction of sp³-hybridized carbons (Fsp3) is 0.167. The highest BCUT2D eigenvalue weighted by atomic mass is 79.9. The van der Waals surface area contributed by atoms with Gasteiger partial charge in [0.2, 0.25) is 5.78 Å². The lowest BCUT2D eigenvalue weighted by atomic mass is 9.94. The number of Topliss-reactive ketones (excluding diaryl/α,β-unsaturated/α-hetero) is 1. The van der Waals surface area contributed by atoms with E-state index in [9.17, 15) is 9.59 Å². The van der Waals surface area contributed by atoms with Crippen LogP contribution < -0.4 is 5.73 Å². The number of pyridine rings is 1. The van der Waals surface area contributed by atoms with Crippen LogP contribution in [0.5, 0.6) is 0 Å². The number of nitrogen functional groups attached to an aromatic ring is 1. The number of nitrogens with zero attached hydrogens (tertiary/aromatic N) is 1. The second-order valence-electron chi connectivity index (χ2n) is 5.80. The first-order chi connectivity index (χ1) is 11.5. The summed E-state index contributed by atoms with van der Waals surface area (Å²) in [5.41, 5.74) is 8.68. The molecule has 3 aromatic rings. The van der Waals surface area contributed by atoms with E-state index in [2.05, 4.69) is 20.9 Å². The molecule has 0 aliphatic heterocycles. The van der Waals surface area contributed by atoms with E-state index in [4.69, 9.17) is 5.73 Å². The second-order valence-corrected chi connectivity index (χ2v) is 7.71. The van der Waals surface area contributed by atoms with Gasteiger partial charge in [-0.15, -0.1) is 11.3 Å². The Morgan fingerprint density at radius 1 is 1.25 bits per heavy atom. The van der Waals surface area contributed by atoms with Crippen molar-refractivity contribution in [2.45, 2.75) is 19.3 Å². The summed E-state index contributed by atoms with van der Waals surface area (Å²) in [6.07, 6.45) is 2.17. The fourth-order valence-electron chi connectivity index (χ4n) is 2.99.